The summed E-state index contributed by atoms with van der Waals surface area (Å²) in [4.78, 5) is -0.396. The number of hydrogen-bond donors (Lipinski definition) is 2. The molecule has 2 N–H and O–H groups in total. The maximum Gasteiger partial charge on any atom is 0.242 e. The molecule has 2 rings (SSSR count). The van der Waals surface area contributed by atoms with E-state index in [-0.39, 0.29) is 6.54 Å². The van der Waals surface area contributed by atoms with E-state index >= 15 is 0 Å². The molecule has 1 aliphatic rings. The topological polar surface area (TPSA) is 90.2 Å². The first-order valence-corrected chi connectivity index (χ1v) is 8.77. The van der Waals surface area contributed by atoms with Gasteiger partial charge in [-0.05, 0) is 25.0 Å². The monoisotopic (exact) mass is 326 g/mol. The van der Waals surface area contributed by atoms with Crippen molar-refractivity contribution in [3.8, 4) is 6.07 Å². The second kappa shape index (κ2) is 6.73. The molecular formula is C15H19FN2O3S. The third kappa shape index (κ3) is 3.83. The molecule has 0 atom stereocenters. The Kier molecular flexibility index (Phi) is 5.16. The van der Waals surface area contributed by atoms with Gasteiger partial charge in [0.15, 0.2) is 0 Å². The number of benzene rings is 1. The fourth-order valence-corrected chi connectivity index (χ4v) is 3.99. The lowest BCUT2D eigenvalue weighted by molar-refractivity contribution is 0.0303. The van der Waals surface area contributed by atoms with Crippen molar-refractivity contribution >= 4 is 10.0 Å². The Morgan fingerprint density at radius 1 is 1.27 bits per heavy atom. The highest BCUT2D eigenvalue weighted by molar-refractivity contribution is 7.89. The van der Waals surface area contributed by atoms with E-state index < -0.39 is 31.9 Å². The quantitative estimate of drug-likeness (QED) is 0.829. The molecule has 1 aromatic carbocycles. The van der Waals surface area contributed by atoms with Gasteiger partial charge in [-0.25, -0.2) is 17.5 Å². The zero-order valence-corrected chi connectivity index (χ0v) is 13.0. The molecule has 0 bridgehead atoms. The minimum Gasteiger partial charge on any atom is -0.389 e. The lowest BCUT2D eigenvalue weighted by Crippen LogP contribution is -2.42. The van der Waals surface area contributed by atoms with Crippen LogP contribution in [0.3, 0.4) is 0 Å². The molecule has 0 aliphatic heterocycles. The van der Waals surface area contributed by atoms with Crippen LogP contribution < -0.4 is 4.72 Å². The van der Waals surface area contributed by atoms with Crippen LogP contribution in [0.4, 0.5) is 4.39 Å². The zero-order valence-electron chi connectivity index (χ0n) is 12.2. The summed E-state index contributed by atoms with van der Waals surface area (Å²) >= 11 is 0. The lowest BCUT2D eigenvalue weighted by atomic mass is 9.95. The number of nitrogens with one attached hydrogen (secondary N) is 1. The molecule has 1 aliphatic carbocycles. The van der Waals surface area contributed by atoms with Gasteiger partial charge in [-0.3, -0.25) is 0 Å². The minimum atomic E-state index is -4.05. The van der Waals surface area contributed by atoms with Gasteiger partial charge in [-0.1, -0.05) is 31.7 Å². The van der Waals surface area contributed by atoms with Crippen molar-refractivity contribution < 1.29 is 17.9 Å². The van der Waals surface area contributed by atoms with E-state index in [1.165, 1.54) is 12.1 Å². The Morgan fingerprint density at radius 2 is 1.91 bits per heavy atom. The largest absolute Gasteiger partial charge is 0.389 e. The van der Waals surface area contributed by atoms with Gasteiger partial charge < -0.3 is 5.11 Å². The summed E-state index contributed by atoms with van der Waals surface area (Å²) < 4.78 is 40.5. The van der Waals surface area contributed by atoms with Gasteiger partial charge in [-0.15, -0.1) is 0 Å². The molecule has 0 unspecified atom stereocenters. The number of aliphatic hydroxyl groups is 1. The first-order chi connectivity index (χ1) is 10.4. The highest BCUT2D eigenvalue weighted by Gasteiger charge is 2.31. The second-order valence-corrected chi connectivity index (χ2v) is 7.42. The molecular weight excluding hydrogens is 307 g/mol. The molecule has 120 valence electrons. The summed E-state index contributed by atoms with van der Waals surface area (Å²) in [7, 11) is -4.05. The summed E-state index contributed by atoms with van der Waals surface area (Å²) in [6, 6.07) is 5.03. The molecule has 1 fully saturated rings. The van der Waals surface area contributed by atoms with Crippen molar-refractivity contribution in [2.75, 3.05) is 6.54 Å². The molecule has 0 aromatic heterocycles. The van der Waals surface area contributed by atoms with Gasteiger partial charge in [0.1, 0.15) is 22.3 Å². The third-order valence-corrected chi connectivity index (χ3v) is 5.45. The van der Waals surface area contributed by atoms with Crippen molar-refractivity contribution in [1.29, 1.82) is 5.26 Å². The van der Waals surface area contributed by atoms with Gasteiger partial charge in [0, 0.05) is 6.54 Å². The minimum absolute atomic E-state index is 0.128. The van der Waals surface area contributed by atoms with Gasteiger partial charge >= 0.3 is 0 Å². The predicted octanol–water partition coefficient (Wildman–Crippen LogP) is 2.06. The van der Waals surface area contributed by atoms with Crippen LogP contribution in [0.5, 0.6) is 0 Å². The van der Waals surface area contributed by atoms with Gasteiger partial charge in [0.05, 0.1) is 5.60 Å². The van der Waals surface area contributed by atoms with E-state index in [1.54, 1.807) is 6.07 Å². The Morgan fingerprint density at radius 3 is 2.50 bits per heavy atom. The van der Waals surface area contributed by atoms with Crippen LogP contribution in [0.15, 0.2) is 23.1 Å². The van der Waals surface area contributed by atoms with Crippen molar-refractivity contribution in [3.63, 3.8) is 0 Å². The average molecular weight is 326 g/mol. The average Bonchev–Trinajstić information content (AvgIpc) is 2.70. The molecule has 1 aromatic rings. The maximum atomic E-state index is 13.5. The molecule has 22 heavy (non-hydrogen) atoms. The van der Waals surface area contributed by atoms with Gasteiger partial charge in [0.25, 0.3) is 0 Å². The van der Waals surface area contributed by atoms with Crippen molar-refractivity contribution in [3.05, 3.63) is 29.6 Å². The standard InChI is InChI=1S/C15H19FN2O3S/c16-13-6-5-7-14(12(13)10-17)22(20,21)18-11-15(19)8-3-1-2-4-9-15/h5-7,18-19H,1-4,8-9,11H2. The molecule has 0 amide bonds. The Bertz CT molecular complexity index is 675. The fraction of sp³-hybridized carbons (Fsp3) is 0.533. The molecule has 0 heterocycles. The Hall–Kier alpha value is -1.49. The van der Waals surface area contributed by atoms with E-state index in [9.17, 15) is 17.9 Å². The van der Waals surface area contributed by atoms with E-state index in [2.05, 4.69) is 4.72 Å². The smallest absolute Gasteiger partial charge is 0.242 e. The van der Waals surface area contributed by atoms with Gasteiger partial charge in [0.2, 0.25) is 10.0 Å². The SMILES string of the molecule is N#Cc1c(F)cccc1S(=O)(=O)NCC1(O)CCCCCC1. The second-order valence-electron chi connectivity index (χ2n) is 5.69. The molecule has 0 spiro atoms. The fourth-order valence-electron chi connectivity index (χ4n) is 2.71. The highest BCUT2D eigenvalue weighted by Crippen LogP contribution is 2.27. The normalized spacial score (nSPS) is 18.4. The zero-order chi connectivity index (χ0) is 16.2. The molecule has 1 saturated carbocycles. The number of hydrogen-bond acceptors (Lipinski definition) is 4. The number of rotatable bonds is 4. The summed E-state index contributed by atoms with van der Waals surface area (Å²) in [5, 5.41) is 19.4. The summed E-state index contributed by atoms with van der Waals surface area (Å²) in [5.74, 6) is -0.876. The predicted molar refractivity (Wildman–Crippen MR) is 79.0 cm³/mol. The van der Waals surface area contributed by atoms with E-state index in [4.69, 9.17) is 5.26 Å². The van der Waals surface area contributed by atoms with Crippen LogP contribution >= 0.6 is 0 Å². The number of sulfonamides is 1. The van der Waals surface area contributed by atoms with Crippen molar-refractivity contribution in [1.82, 2.24) is 4.72 Å². The van der Waals surface area contributed by atoms with E-state index in [0.29, 0.717) is 12.8 Å². The first kappa shape index (κ1) is 16.9. The highest BCUT2D eigenvalue weighted by atomic mass is 32.2. The lowest BCUT2D eigenvalue weighted by Gasteiger charge is -2.26. The molecule has 0 radical (unpaired) electrons. The molecule has 7 heteroatoms. The molecule has 0 saturated heterocycles. The van der Waals surface area contributed by atoms with E-state index in [1.807, 2.05) is 0 Å². The Balaban J connectivity index is 2.18. The van der Waals surface area contributed by atoms with Crippen molar-refractivity contribution in [2.45, 2.75) is 49.0 Å². The summed E-state index contributed by atoms with van der Waals surface area (Å²) in [6.07, 6.45) is 4.81. The van der Waals surface area contributed by atoms with Gasteiger partial charge in [-0.2, -0.15) is 5.26 Å². The first-order valence-electron chi connectivity index (χ1n) is 7.29. The Labute approximate surface area is 129 Å². The van der Waals surface area contributed by atoms with E-state index in [0.717, 1.165) is 31.7 Å². The number of halogens is 1. The van der Waals surface area contributed by atoms with Crippen LogP contribution in [0.25, 0.3) is 0 Å². The van der Waals surface area contributed by atoms with Crippen LogP contribution in [0.1, 0.15) is 44.1 Å². The van der Waals surface area contributed by atoms with Crippen LogP contribution in [0, 0.1) is 17.1 Å². The number of nitriles is 1. The van der Waals surface area contributed by atoms with Crippen molar-refractivity contribution in [2.24, 2.45) is 0 Å². The summed E-state index contributed by atoms with van der Waals surface area (Å²) in [6.45, 7) is -0.128. The summed E-state index contributed by atoms with van der Waals surface area (Å²) in [5.41, 5.74) is -1.59. The molecule has 5 nitrogen and oxygen atoms in total. The van der Waals surface area contributed by atoms with Crippen LogP contribution in [-0.2, 0) is 10.0 Å². The number of nitrogens with zero attached hydrogens (tertiary/aromatic N) is 1. The maximum absolute atomic E-state index is 13.5. The van der Waals surface area contributed by atoms with Crippen LogP contribution in [-0.4, -0.2) is 25.7 Å². The van der Waals surface area contributed by atoms with Crippen LogP contribution in [0.2, 0.25) is 0 Å². The third-order valence-electron chi connectivity index (χ3n) is 4.00.